The Morgan fingerprint density at radius 2 is 1.02 bits per heavy atom. The van der Waals surface area contributed by atoms with E-state index < -0.39 is 59.3 Å². The zero-order chi connectivity index (χ0) is 33.1. The molecule has 14 nitrogen and oxygen atoms in total. The van der Waals surface area contributed by atoms with Crippen LogP contribution >= 0.6 is 0 Å². The van der Waals surface area contributed by atoms with Gasteiger partial charge in [0.2, 0.25) is 11.8 Å². The van der Waals surface area contributed by atoms with Gasteiger partial charge in [-0.05, 0) is 112 Å². The van der Waals surface area contributed by atoms with Crippen LogP contribution in [-0.2, 0) is 28.6 Å². The summed E-state index contributed by atoms with van der Waals surface area (Å²) in [6.45, 7) is 11.6. The van der Waals surface area contributed by atoms with Crippen LogP contribution in [0.2, 0.25) is 0 Å². The fraction of sp³-hybridized carbons (Fsp3) is 0.828. The number of nitrogens with one attached hydrogen (secondary N) is 4. The van der Waals surface area contributed by atoms with Gasteiger partial charge in [0, 0.05) is 6.54 Å². The number of esters is 1. The molecule has 0 rings (SSSR count). The van der Waals surface area contributed by atoms with Crippen LogP contribution in [-0.4, -0.2) is 86.0 Å². The van der Waals surface area contributed by atoms with Crippen molar-refractivity contribution in [1.29, 1.82) is 0 Å². The second kappa shape index (κ2) is 20.7. The topological polar surface area (TPSA) is 213 Å². The Kier molecular flexibility index (Phi) is 19.2. The molecule has 0 aromatic carbocycles. The lowest BCUT2D eigenvalue weighted by molar-refractivity contribution is -0.145. The third-order valence-electron chi connectivity index (χ3n) is 5.92. The molecule has 3 atom stereocenters. The van der Waals surface area contributed by atoms with E-state index in [-0.39, 0.29) is 12.8 Å². The number of rotatable bonds is 19. The summed E-state index contributed by atoms with van der Waals surface area (Å²) in [5.41, 5.74) is 9.76. The van der Waals surface area contributed by atoms with Crippen LogP contribution < -0.4 is 32.7 Å². The average Bonchev–Trinajstić information content (AvgIpc) is 2.88. The molecule has 8 N–H and O–H groups in total. The number of alkyl carbamates (subject to hydrolysis) is 2. The Morgan fingerprint density at radius 1 is 0.605 bits per heavy atom. The van der Waals surface area contributed by atoms with E-state index in [4.69, 9.17) is 25.7 Å². The highest BCUT2D eigenvalue weighted by Crippen LogP contribution is 2.11. The summed E-state index contributed by atoms with van der Waals surface area (Å²) in [5.74, 6) is -1.76. The van der Waals surface area contributed by atoms with Crippen molar-refractivity contribution in [3.8, 4) is 0 Å². The van der Waals surface area contributed by atoms with E-state index in [1.54, 1.807) is 41.5 Å². The van der Waals surface area contributed by atoms with Crippen LogP contribution in [0.4, 0.5) is 9.59 Å². The fourth-order valence-corrected chi connectivity index (χ4v) is 3.89. The molecule has 0 aliphatic rings. The second-order valence-corrected chi connectivity index (χ2v) is 12.3. The highest BCUT2D eigenvalue weighted by atomic mass is 16.6. The molecule has 0 saturated heterocycles. The van der Waals surface area contributed by atoms with Gasteiger partial charge in [-0.1, -0.05) is 0 Å². The van der Waals surface area contributed by atoms with Gasteiger partial charge >= 0.3 is 18.2 Å². The molecule has 0 aliphatic heterocycles. The molecule has 0 spiro atoms. The minimum absolute atomic E-state index is 0.201. The van der Waals surface area contributed by atoms with Crippen LogP contribution in [0.3, 0.4) is 0 Å². The zero-order valence-electron chi connectivity index (χ0n) is 27.1. The molecular formula is C29H56N6O8. The van der Waals surface area contributed by atoms with Crippen LogP contribution in [0.1, 0.15) is 99.3 Å². The largest absolute Gasteiger partial charge is 0.467 e. The molecule has 0 heterocycles. The number of carbonyl (C=O) groups excluding carboxylic acids is 5. The molecule has 4 amide bonds. The molecule has 0 fully saturated rings. The summed E-state index contributed by atoms with van der Waals surface area (Å²) in [6, 6.07) is -2.93. The minimum atomic E-state index is -1.03. The van der Waals surface area contributed by atoms with E-state index in [2.05, 4.69) is 21.3 Å². The van der Waals surface area contributed by atoms with E-state index in [0.29, 0.717) is 64.6 Å². The summed E-state index contributed by atoms with van der Waals surface area (Å²) in [6.07, 6.45) is 2.86. The first kappa shape index (κ1) is 39.9. The molecule has 0 bridgehead atoms. The van der Waals surface area contributed by atoms with Crippen LogP contribution in [0.5, 0.6) is 0 Å². The molecule has 0 aliphatic carbocycles. The lowest BCUT2D eigenvalue weighted by Gasteiger charge is -2.26. The zero-order valence-corrected chi connectivity index (χ0v) is 27.1. The number of nitrogens with two attached hydrogens (primary N) is 2. The first-order valence-electron chi connectivity index (χ1n) is 15.1. The third kappa shape index (κ3) is 20.4. The predicted octanol–water partition coefficient (Wildman–Crippen LogP) is 1.98. The van der Waals surface area contributed by atoms with Gasteiger partial charge in [0.25, 0.3) is 0 Å². The highest BCUT2D eigenvalue weighted by molar-refractivity contribution is 5.93. The first-order valence-corrected chi connectivity index (χ1v) is 15.1. The Morgan fingerprint density at radius 3 is 1.49 bits per heavy atom. The minimum Gasteiger partial charge on any atom is -0.467 e. The van der Waals surface area contributed by atoms with E-state index in [1.165, 1.54) is 7.11 Å². The van der Waals surface area contributed by atoms with Gasteiger partial charge in [-0.3, -0.25) is 9.59 Å². The smallest absolute Gasteiger partial charge is 0.408 e. The van der Waals surface area contributed by atoms with Crippen molar-refractivity contribution >= 4 is 30.0 Å². The van der Waals surface area contributed by atoms with Gasteiger partial charge in [-0.25, -0.2) is 14.4 Å². The quantitative estimate of drug-likeness (QED) is 0.0705. The van der Waals surface area contributed by atoms with Gasteiger partial charge < -0.3 is 46.9 Å². The molecule has 250 valence electrons. The van der Waals surface area contributed by atoms with Crippen molar-refractivity contribution in [2.45, 2.75) is 129 Å². The monoisotopic (exact) mass is 616 g/mol. The number of amides is 4. The number of methoxy groups -OCH3 is 1. The van der Waals surface area contributed by atoms with Crippen molar-refractivity contribution < 1.29 is 38.2 Å². The second-order valence-electron chi connectivity index (χ2n) is 12.3. The van der Waals surface area contributed by atoms with Crippen LogP contribution in [0.25, 0.3) is 0 Å². The molecule has 0 saturated carbocycles. The maximum absolute atomic E-state index is 13.4. The highest BCUT2D eigenvalue weighted by Gasteiger charge is 2.30. The van der Waals surface area contributed by atoms with E-state index >= 15 is 0 Å². The van der Waals surface area contributed by atoms with Gasteiger partial charge in [0.1, 0.15) is 29.3 Å². The van der Waals surface area contributed by atoms with Gasteiger partial charge in [0.05, 0.1) is 7.11 Å². The maximum Gasteiger partial charge on any atom is 0.408 e. The number of hydrogen-bond donors (Lipinski definition) is 6. The lowest BCUT2D eigenvalue weighted by atomic mass is 10.0. The summed E-state index contributed by atoms with van der Waals surface area (Å²) in [7, 11) is 1.23. The standard InChI is InChI=1S/C29H56N6O8/c1-28(2,3)42-26(39)32-19-13-10-15-20(23(36)34-22(25(38)41-7)16-9-12-18-31)33-24(37)21(14-8-11-17-30)35-27(40)43-29(4,5)6/h20-22H,8-19,30-31H2,1-7H3,(H,32,39)(H,33,37)(H,34,36)(H,35,40)/t20-,21?,22-/m0/s1. The van der Waals surface area contributed by atoms with Gasteiger partial charge in [-0.15, -0.1) is 0 Å². The summed E-state index contributed by atoms with van der Waals surface area (Å²) in [4.78, 5) is 63.5. The van der Waals surface area contributed by atoms with Crippen LogP contribution in [0, 0.1) is 0 Å². The molecule has 0 aromatic heterocycles. The predicted molar refractivity (Wildman–Crippen MR) is 163 cm³/mol. The normalized spacial score (nSPS) is 13.6. The van der Waals surface area contributed by atoms with Crippen molar-refractivity contribution in [3.63, 3.8) is 0 Å². The third-order valence-corrected chi connectivity index (χ3v) is 5.92. The number of unbranched alkanes of at least 4 members (excludes halogenated alkanes) is 3. The Balaban J connectivity index is 5.66. The lowest BCUT2D eigenvalue weighted by Crippen LogP contribution is -2.56. The number of carbonyl (C=O) groups is 5. The fourth-order valence-electron chi connectivity index (χ4n) is 3.89. The molecule has 0 aromatic rings. The molecular weight excluding hydrogens is 560 g/mol. The molecule has 14 heteroatoms. The van der Waals surface area contributed by atoms with Crippen LogP contribution in [0.15, 0.2) is 0 Å². The Bertz CT molecular complexity index is 872. The average molecular weight is 617 g/mol. The Labute approximate surface area is 256 Å². The van der Waals surface area contributed by atoms with Crippen molar-refractivity contribution in [2.24, 2.45) is 11.5 Å². The van der Waals surface area contributed by atoms with Crippen molar-refractivity contribution in [1.82, 2.24) is 21.3 Å². The SMILES string of the molecule is COC(=O)[C@H](CCCCN)NC(=O)[C@H](CCCCNC(=O)OC(C)(C)C)NC(=O)C(CCCCN)NC(=O)OC(C)(C)C. The molecule has 43 heavy (non-hydrogen) atoms. The summed E-state index contributed by atoms with van der Waals surface area (Å²) < 4.78 is 15.4. The van der Waals surface area contributed by atoms with E-state index in [1.807, 2.05) is 0 Å². The first-order chi connectivity index (χ1) is 20.0. The number of hydrogen-bond acceptors (Lipinski definition) is 10. The maximum atomic E-state index is 13.4. The van der Waals surface area contributed by atoms with E-state index in [0.717, 1.165) is 0 Å². The van der Waals surface area contributed by atoms with Gasteiger partial charge in [0.15, 0.2) is 0 Å². The van der Waals surface area contributed by atoms with Gasteiger partial charge in [-0.2, -0.15) is 0 Å². The van der Waals surface area contributed by atoms with Crippen molar-refractivity contribution in [3.05, 3.63) is 0 Å². The summed E-state index contributed by atoms with van der Waals surface area (Å²) in [5, 5.41) is 10.7. The molecule has 0 radical (unpaired) electrons. The number of ether oxygens (including phenoxy) is 3. The Hall–Kier alpha value is -3.13. The molecule has 1 unspecified atom stereocenters. The van der Waals surface area contributed by atoms with E-state index in [9.17, 15) is 24.0 Å². The van der Waals surface area contributed by atoms with Crippen molar-refractivity contribution in [2.75, 3.05) is 26.7 Å². The summed E-state index contributed by atoms with van der Waals surface area (Å²) >= 11 is 0.